The van der Waals surface area contributed by atoms with Gasteiger partial charge in [0.15, 0.2) is 0 Å². The summed E-state index contributed by atoms with van der Waals surface area (Å²) in [4.78, 5) is 0. The van der Waals surface area contributed by atoms with Gasteiger partial charge in [0.1, 0.15) is 11.9 Å². The number of rotatable bonds is 0. The third-order valence-corrected chi connectivity index (χ3v) is 0.742. The van der Waals surface area contributed by atoms with E-state index in [1.807, 2.05) is 0 Å². The van der Waals surface area contributed by atoms with E-state index in [0.29, 0.717) is 5.84 Å². The molecule has 0 fully saturated rings. The summed E-state index contributed by atoms with van der Waals surface area (Å²) < 4.78 is 0. The Kier molecular flexibility index (Phi) is 0.796. The lowest BCUT2D eigenvalue weighted by molar-refractivity contribution is 1.16. The van der Waals surface area contributed by atoms with Crippen molar-refractivity contribution in [3.05, 3.63) is 0 Å². The van der Waals surface area contributed by atoms with E-state index in [9.17, 15) is 0 Å². The summed E-state index contributed by atoms with van der Waals surface area (Å²) in [5.41, 5.74) is 10.5. The van der Waals surface area contributed by atoms with Crippen molar-refractivity contribution in [2.24, 2.45) is 21.7 Å². The summed E-state index contributed by atoms with van der Waals surface area (Å²) in [6.45, 7) is 0. The molecule has 0 aromatic heterocycles. The van der Waals surface area contributed by atoms with E-state index in [0.717, 1.165) is 0 Å². The summed E-state index contributed by atoms with van der Waals surface area (Å²) in [6.07, 6.45) is 1.50. The minimum Gasteiger partial charge on any atom is -0.384 e. The van der Waals surface area contributed by atoms with Gasteiger partial charge in [-0.25, -0.2) is 0 Å². The van der Waals surface area contributed by atoms with Crippen LogP contribution in [0.4, 0.5) is 0 Å². The van der Waals surface area contributed by atoms with Crippen LogP contribution in [0.25, 0.3) is 0 Å². The van der Waals surface area contributed by atoms with Crippen LogP contribution < -0.4 is 11.5 Å². The first-order valence-electron chi connectivity index (χ1n) is 1.93. The Morgan fingerprint density at radius 2 is 2.43 bits per heavy atom. The van der Waals surface area contributed by atoms with Crippen LogP contribution in [0.5, 0.6) is 0 Å². The van der Waals surface area contributed by atoms with Crippen LogP contribution in [-0.2, 0) is 0 Å². The van der Waals surface area contributed by atoms with Crippen molar-refractivity contribution >= 4 is 12.1 Å². The second kappa shape index (κ2) is 1.31. The molecule has 0 saturated carbocycles. The van der Waals surface area contributed by atoms with Crippen LogP contribution >= 0.6 is 0 Å². The Labute approximate surface area is 40.9 Å². The average molecular weight is 98.1 g/mol. The average Bonchev–Trinajstić information content (AvgIpc) is 1.91. The Morgan fingerprint density at radius 1 is 1.71 bits per heavy atom. The molecule has 0 aromatic rings. The quantitative estimate of drug-likeness (QED) is 0.394. The molecule has 0 aliphatic carbocycles. The molecule has 4 N–H and O–H groups in total. The molecule has 0 spiro atoms. The maximum absolute atomic E-state index is 5.27. The predicted octanol–water partition coefficient (Wildman–Crippen LogP) is -1.33. The number of hydrogen-bond acceptors (Lipinski definition) is 4. The Morgan fingerprint density at radius 3 is 2.57 bits per heavy atom. The lowest BCUT2D eigenvalue weighted by atomic mass is 10.3. The van der Waals surface area contributed by atoms with E-state index in [1.165, 1.54) is 6.21 Å². The third kappa shape index (κ3) is 0.592. The van der Waals surface area contributed by atoms with Gasteiger partial charge in [0, 0.05) is 0 Å². The molecular weight excluding hydrogens is 92.1 g/mol. The molecule has 1 rings (SSSR count). The minimum absolute atomic E-state index is 0.250. The molecule has 1 heterocycles. The Bertz CT molecular complexity index is 125. The zero-order chi connectivity index (χ0) is 5.28. The number of amidine groups is 1. The van der Waals surface area contributed by atoms with Crippen LogP contribution in [0.1, 0.15) is 0 Å². The summed E-state index contributed by atoms with van der Waals surface area (Å²) in [6, 6.07) is -0.250. The number of hydrogen-bond donors (Lipinski definition) is 2. The van der Waals surface area contributed by atoms with Crippen molar-refractivity contribution in [3.8, 4) is 0 Å². The lowest BCUT2D eigenvalue weighted by Gasteiger charge is -1.92. The first-order valence-corrected chi connectivity index (χ1v) is 1.93. The zero-order valence-electron chi connectivity index (χ0n) is 3.70. The molecular formula is C3H6N4. The van der Waals surface area contributed by atoms with Gasteiger partial charge in [-0.3, -0.25) is 0 Å². The molecule has 0 bridgehead atoms. The van der Waals surface area contributed by atoms with Crippen molar-refractivity contribution in [3.63, 3.8) is 0 Å². The van der Waals surface area contributed by atoms with E-state index < -0.39 is 0 Å². The number of nitrogens with zero attached hydrogens (tertiary/aromatic N) is 2. The minimum atomic E-state index is -0.250. The van der Waals surface area contributed by atoms with Crippen LogP contribution in [-0.4, -0.2) is 18.1 Å². The van der Waals surface area contributed by atoms with Gasteiger partial charge in [-0.05, 0) is 0 Å². The molecule has 0 saturated heterocycles. The van der Waals surface area contributed by atoms with Crippen molar-refractivity contribution < 1.29 is 0 Å². The van der Waals surface area contributed by atoms with E-state index in [-0.39, 0.29) is 6.04 Å². The standard InChI is InChI=1S/C3H6N4/c4-2-1-6-7-3(2)5/h1-2H,4H2,(H2,5,7)/t2-/m0/s1. The van der Waals surface area contributed by atoms with Crippen LogP contribution in [0, 0.1) is 0 Å². The van der Waals surface area contributed by atoms with Gasteiger partial charge in [0.25, 0.3) is 0 Å². The van der Waals surface area contributed by atoms with E-state index in [1.54, 1.807) is 0 Å². The fourth-order valence-corrected chi connectivity index (χ4v) is 0.315. The smallest absolute Gasteiger partial charge is 0.144 e. The molecule has 0 amide bonds. The monoisotopic (exact) mass is 98.1 g/mol. The van der Waals surface area contributed by atoms with Gasteiger partial charge in [0.05, 0.1) is 6.21 Å². The zero-order valence-corrected chi connectivity index (χ0v) is 3.70. The molecule has 38 valence electrons. The highest BCUT2D eigenvalue weighted by Crippen LogP contribution is 1.85. The largest absolute Gasteiger partial charge is 0.384 e. The predicted molar refractivity (Wildman–Crippen MR) is 28.1 cm³/mol. The Balaban J connectivity index is 2.69. The fourth-order valence-electron chi connectivity index (χ4n) is 0.315. The summed E-state index contributed by atoms with van der Waals surface area (Å²) in [5, 5.41) is 6.91. The van der Waals surface area contributed by atoms with Crippen molar-refractivity contribution in [1.29, 1.82) is 0 Å². The van der Waals surface area contributed by atoms with E-state index in [4.69, 9.17) is 11.5 Å². The van der Waals surface area contributed by atoms with Crippen LogP contribution in [0.15, 0.2) is 10.2 Å². The molecule has 0 unspecified atom stereocenters. The molecule has 4 heteroatoms. The fraction of sp³-hybridized carbons (Fsp3) is 0.333. The van der Waals surface area contributed by atoms with E-state index >= 15 is 0 Å². The molecule has 0 aromatic carbocycles. The second-order valence-electron chi connectivity index (χ2n) is 1.32. The van der Waals surface area contributed by atoms with Gasteiger partial charge in [-0.1, -0.05) is 0 Å². The first-order chi connectivity index (χ1) is 3.30. The van der Waals surface area contributed by atoms with Gasteiger partial charge in [-0.15, -0.1) is 5.10 Å². The molecule has 7 heavy (non-hydrogen) atoms. The molecule has 1 aliphatic heterocycles. The molecule has 1 atom stereocenters. The van der Waals surface area contributed by atoms with Gasteiger partial charge in [0.2, 0.25) is 0 Å². The van der Waals surface area contributed by atoms with Gasteiger partial charge < -0.3 is 11.5 Å². The van der Waals surface area contributed by atoms with Crippen molar-refractivity contribution in [1.82, 2.24) is 0 Å². The van der Waals surface area contributed by atoms with Crippen molar-refractivity contribution in [2.45, 2.75) is 6.04 Å². The Hall–Kier alpha value is -0.900. The topological polar surface area (TPSA) is 76.8 Å². The third-order valence-electron chi connectivity index (χ3n) is 0.742. The highest BCUT2D eigenvalue weighted by Gasteiger charge is 2.06. The van der Waals surface area contributed by atoms with Crippen molar-refractivity contribution in [2.75, 3.05) is 0 Å². The lowest BCUT2D eigenvalue weighted by Crippen LogP contribution is -2.34. The maximum Gasteiger partial charge on any atom is 0.144 e. The van der Waals surface area contributed by atoms with Gasteiger partial charge >= 0.3 is 0 Å². The summed E-state index contributed by atoms with van der Waals surface area (Å²) in [7, 11) is 0. The maximum atomic E-state index is 5.27. The van der Waals surface area contributed by atoms with E-state index in [2.05, 4.69) is 10.2 Å². The highest BCUT2D eigenvalue weighted by molar-refractivity contribution is 6.02. The van der Waals surface area contributed by atoms with Crippen LogP contribution in [0.2, 0.25) is 0 Å². The number of nitrogens with two attached hydrogens (primary N) is 2. The molecule has 4 nitrogen and oxygen atoms in total. The highest BCUT2D eigenvalue weighted by atomic mass is 15.3. The molecule has 0 radical (unpaired) electrons. The summed E-state index contributed by atoms with van der Waals surface area (Å²) >= 11 is 0. The van der Waals surface area contributed by atoms with Gasteiger partial charge in [-0.2, -0.15) is 5.10 Å². The SMILES string of the molecule is NC1=NN=C[C@@H]1N. The second-order valence-corrected chi connectivity index (χ2v) is 1.32. The molecule has 1 aliphatic rings. The first kappa shape index (κ1) is 4.26. The normalized spacial score (nSPS) is 28.1. The van der Waals surface area contributed by atoms with Crippen LogP contribution in [0.3, 0.4) is 0 Å². The summed E-state index contributed by atoms with van der Waals surface area (Å²) in [5.74, 6) is 0.389.